The Morgan fingerprint density at radius 3 is 2.81 bits per heavy atom. The Kier molecular flexibility index (Phi) is 4.13. The number of rotatable bonds is 5. The number of ether oxygens (including phenoxy) is 1. The van der Waals surface area contributed by atoms with Gasteiger partial charge in [-0.1, -0.05) is 18.9 Å². The summed E-state index contributed by atoms with van der Waals surface area (Å²) in [6.45, 7) is 1.53. The maximum Gasteiger partial charge on any atom is 0.139 e. The van der Waals surface area contributed by atoms with Crippen molar-refractivity contribution in [2.45, 2.75) is 32.3 Å². The van der Waals surface area contributed by atoms with Crippen molar-refractivity contribution >= 4 is 5.82 Å². The molecule has 16 heavy (non-hydrogen) atoms. The van der Waals surface area contributed by atoms with Gasteiger partial charge in [0.2, 0.25) is 0 Å². The van der Waals surface area contributed by atoms with Gasteiger partial charge in [0, 0.05) is 12.8 Å². The van der Waals surface area contributed by atoms with E-state index in [1.807, 2.05) is 12.1 Å². The van der Waals surface area contributed by atoms with Crippen molar-refractivity contribution in [3.05, 3.63) is 23.9 Å². The Hall–Kier alpha value is -1.13. The minimum atomic E-state index is 0.647. The molecule has 0 aromatic carbocycles. The zero-order chi connectivity index (χ0) is 11.2. The predicted octanol–water partition coefficient (Wildman–Crippen LogP) is 2.07. The lowest BCUT2D eigenvalue weighted by atomic mass is 10.1. The quantitative estimate of drug-likeness (QED) is 0.590. The number of aromatic nitrogens is 1. The first kappa shape index (κ1) is 11.4. The summed E-state index contributed by atoms with van der Waals surface area (Å²) in [4.78, 5) is 4.13. The van der Waals surface area contributed by atoms with E-state index in [1.165, 1.54) is 25.7 Å². The molecule has 1 aromatic rings. The fourth-order valence-corrected chi connectivity index (χ4v) is 2.12. The molecule has 4 nitrogen and oxygen atoms in total. The summed E-state index contributed by atoms with van der Waals surface area (Å²) in [6.07, 6.45) is 7.19. The van der Waals surface area contributed by atoms with Crippen molar-refractivity contribution in [2.24, 2.45) is 11.8 Å². The molecule has 0 amide bonds. The van der Waals surface area contributed by atoms with Crippen LogP contribution in [0.5, 0.6) is 0 Å². The Bertz CT molecular complexity index is 307. The molecule has 1 heterocycles. The fraction of sp³-hybridized carbons (Fsp3) is 0.583. The summed E-state index contributed by atoms with van der Waals surface area (Å²) in [5, 5.41) is 0. The molecule has 2 rings (SSSR count). The fourth-order valence-electron chi connectivity index (χ4n) is 2.12. The lowest BCUT2D eigenvalue weighted by molar-refractivity contribution is 0.0887. The van der Waals surface area contributed by atoms with E-state index in [0.29, 0.717) is 12.4 Å². The minimum absolute atomic E-state index is 0.647. The van der Waals surface area contributed by atoms with Crippen LogP contribution >= 0.6 is 0 Å². The average molecular weight is 221 g/mol. The van der Waals surface area contributed by atoms with E-state index in [1.54, 1.807) is 6.20 Å². The van der Waals surface area contributed by atoms with Gasteiger partial charge in [-0.15, -0.1) is 0 Å². The Balaban J connectivity index is 1.71. The molecule has 1 aliphatic carbocycles. The number of nitrogen functional groups attached to an aromatic ring is 1. The van der Waals surface area contributed by atoms with E-state index in [4.69, 9.17) is 10.6 Å². The normalized spacial score (nSPS) is 16.6. The number of hydrogen-bond acceptors (Lipinski definition) is 4. The summed E-state index contributed by atoms with van der Waals surface area (Å²) in [7, 11) is 0. The number of anilines is 1. The topological polar surface area (TPSA) is 60.2 Å². The van der Waals surface area contributed by atoms with Gasteiger partial charge < -0.3 is 10.2 Å². The van der Waals surface area contributed by atoms with Crippen LogP contribution in [0.15, 0.2) is 18.3 Å². The minimum Gasteiger partial charge on any atom is -0.376 e. The van der Waals surface area contributed by atoms with Crippen LogP contribution in [0.4, 0.5) is 5.82 Å². The maximum atomic E-state index is 5.69. The first-order chi connectivity index (χ1) is 7.88. The molecule has 0 atom stereocenters. The second-order valence-electron chi connectivity index (χ2n) is 4.36. The molecule has 0 unspecified atom stereocenters. The second kappa shape index (κ2) is 5.82. The number of nitrogens with one attached hydrogen (secondary N) is 1. The molecule has 0 bridgehead atoms. The number of hydrazine groups is 1. The summed E-state index contributed by atoms with van der Waals surface area (Å²) < 4.78 is 5.69. The first-order valence-corrected chi connectivity index (χ1v) is 5.88. The van der Waals surface area contributed by atoms with E-state index in [9.17, 15) is 0 Å². The monoisotopic (exact) mass is 221 g/mol. The Morgan fingerprint density at radius 2 is 2.19 bits per heavy atom. The highest BCUT2D eigenvalue weighted by atomic mass is 16.5. The molecule has 1 fully saturated rings. The van der Waals surface area contributed by atoms with Crippen LogP contribution < -0.4 is 11.3 Å². The van der Waals surface area contributed by atoms with Gasteiger partial charge in [-0.05, 0) is 30.4 Å². The molecule has 1 aliphatic rings. The summed E-state index contributed by atoms with van der Waals surface area (Å²) in [6, 6.07) is 3.84. The van der Waals surface area contributed by atoms with Gasteiger partial charge in [0.25, 0.3) is 0 Å². The average Bonchev–Trinajstić information content (AvgIpc) is 2.83. The van der Waals surface area contributed by atoms with Crippen LogP contribution in [0.25, 0.3) is 0 Å². The van der Waals surface area contributed by atoms with E-state index >= 15 is 0 Å². The molecule has 0 aliphatic heterocycles. The van der Waals surface area contributed by atoms with Gasteiger partial charge in [0.15, 0.2) is 0 Å². The maximum absolute atomic E-state index is 5.69. The highest BCUT2D eigenvalue weighted by molar-refractivity contribution is 5.33. The largest absolute Gasteiger partial charge is 0.376 e. The van der Waals surface area contributed by atoms with Crippen LogP contribution in [0.1, 0.15) is 31.2 Å². The number of nitrogens with zero attached hydrogens (tertiary/aromatic N) is 1. The van der Waals surface area contributed by atoms with Crippen molar-refractivity contribution in [3.8, 4) is 0 Å². The first-order valence-electron chi connectivity index (χ1n) is 5.88. The summed E-state index contributed by atoms with van der Waals surface area (Å²) in [5.74, 6) is 6.69. The number of hydrogen-bond donors (Lipinski definition) is 2. The number of nitrogens with two attached hydrogens (primary N) is 1. The summed E-state index contributed by atoms with van der Waals surface area (Å²) in [5.41, 5.74) is 3.60. The highest BCUT2D eigenvalue weighted by Gasteiger charge is 2.14. The second-order valence-corrected chi connectivity index (χ2v) is 4.36. The van der Waals surface area contributed by atoms with Crippen molar-refractivity contribution < 1.29 is 4.74 Å². The smallest absolute Gasteiger partial charge is 0.139 e. The number of pyridine rings is 1. The standard InChI is InChI=1S/C12H19N3O/c13-15-12-6-5-11(7-14-12)9-16-8-10-3-1-2-4-10/h5-7,10H,1-4,8-9,13H2,(H,14,15). The zero-order valence-electron chi connectivity index (χ0n) is 9.48. The summed E-state index contributed by atoms with van der Waals surface area (Å²) >= 11 is 0. The van der Waals surface area contributed by atoms with Gasteiger partial charge in [-0.3, -0.25) is 0 Å². The van der Waals surface area contributed by atoms with Crippen LogP contribution in [-0.4, -0.2) is 11.6 Å². The molecular formula is C12H19N3O. The van der Waals surface area contributed by atoms with Crippen molar-refractivity contribution in [2.75, 3.05) is 12.0 Å². The third-order valence-corrected chi connectivity index (χ3v) is 3.07. The van der Waals surface area contributed by atoms with Gasteiger partial charge in [-0.2, -0.15) is 0 Å². The molecule has 0 radical (unpaired) electrons. The van der Waals surface area contributed by atoms with Crippen LogP contribution in [0.2, 0.25) is 0 Å². The van der Waals surface area contributed by atoms with E-state index < -0.39 is 0 Å². The molecule has 1 saturated carbocycles. The van der Waals surface area contributed by atoms with Gasteiger partial charge in [0.05, 0.1) is 6.61 Å². The predicted molar refractivity (Wildman–Crippen MR) is 63.7 cm³/mol. The molecule has 3 N–H and O–H groups in total. The molecule has 0 saturated heterocycles. The molecule has 1 aromatic heterocycles. The van der Waals surface area contributed by atoms with Crippen LogP contribution in [0, 0.1) is 5.92 Å². The van der Waals surface area contributed by atoms with Crippen molar-refractivity contribution in [3.63, 3.8) is 0 Å². The Morgan fingerprint density at radius 1 is 1.38 bits per heavy atom. The Labute approximate surface area is 96.2 Å². The van der Waals surface area contributed by atoms with Gasteiger partial charge >= 0.3 is 0 Å². The van der Waals surface area contributed by atoms with E-state index in [2.05, 4.69) is 10.4 Å². The molecule has 4 heteroatoms. The van der Waals surface area contributed by atoms with E-state index in [-0.39, 0.29) is 0 Å². The van der Waals surface area contributed by atoms with E-state index in [0.717, 1.165) is 18.1 Å². The molecular weight excluding hydrogens is 202 g/mol. The van der Waals surface area contributed by atoms with Crippen LogP contribution in [-0.2, 0) is 11.3 Å². The van der Waals surface area contributed by atoms with Crippen molar-refractivity contribution in [1.29, 1.82) is 0 Å². The van der Waals surface area contributed by atoms with Gasteiger partial charge in [0.1, 0.15) is 5.82 Å². The van der Waals surface area contributed by atoms with Crippen LogP contribution in [0.3, 0.4) is 0 Å². The third-order valence-electron chi connectivity index (χ3n) is 3.07. The lowest BCUT2D eigenvalue weighted by Gasteiger charge is -2.09. The van der Waals surface area contributed by atoms with Gasteiger partial charge in [-0.25, -0.2) is 10.8 Å². The third kappa shape index (κ3) is 3.18. The molecule has 0 spiro atoms. The SMILES string of the molecule is NNc1ccc(COCC2CCCC2)cn1. The zero-order valence-corrected chi connectivity index (χ0v) is 9.48. The highest BCUT2D eigenvalue weighted by Crippen LogP contribution is 2.24. The lowest BCUT2D eigenvalue weighted by Crippen LogP contribution is -2.09. The molecule has 88 valence electrons. The van der Waals surface area contributed by atoms with Crippen molar-refractivity contribution in [1.82, 2.24) is 4.98 Å².